The van der Waals surface area contributed by atoms with Crippen LogP contribution in [-0.2, 0) is 6.54 Å². The Balaban J connectivity index is 2.14. The normalized spacial score (nSPS) is 10.2. The summed E-state index contributed by atoms with van der Waals surface area (Å²) in [5.41, 5.74) is 7.62. The number of nitrogen functional groups attached to an aromatic ring is 1. The van der Waals surface area contributed by atoms with E-state index in [1.54, 1.807) is 6.20 Å². The number of anilines is 2. The minimum atomic E-state index is 0.699. The zero-order valence-electron chi connectivity index (χ0n) is 10.0. The van der Waals surface area contributed by atoms with Crippen molar-refractivity contribution < 1.29 is 0 Å². The van der Waals surface area contributed by atoms with Gasteiger partial charge in [0.15, 0.2) is 0 Å². The molecule has 1 heterocycles. The van der Waals surface area contributed by atoms with Crippen LogP contribution >= 0.6 is 0 Å². The van der Waals surface area contributed by atoms with Crippen molar-refractivity contribution in [2.24, 2.45) is 0 Å². The average Bonchev–Trinajstić information content (AvgIpc) is 2.38. The van der Waals surface area contributed by atoms with Crippen molar-refractivity contribution in [3.8, 4) is 0 Å². The fraction of sp³-hybridized carbons (Fsp3) is 0.214. The number of hydrogen-bond donors (Lipinski definition) is 1. The van der Waals surface area contributed by atoms with Crippen LogP contribution in [-0.4, -0.2) is 11.5 Å². The second-order valence-corrected chi connectivity index (χ2v) is 3.95. The first-order valence-electron chi connectivity index (χ1n) is 5.80. The van der Waals surface area contributed by atoms with E-state index >= 15 is 0 Å². The Morgan fingerprint density at radius 3 is 2.47 bits per heavy atom. The molecule has 0 saturated heterocycles. The SMILES string of the molecule is CCN(Cc1ccccc1)c1ccc(N)cn1. The van der Waals surface area contributed by atoms with Crippen LogP contribution in [0.3, 0.4) is 0 Å². The second-order valence-electron chi connectivity index (χ2n) is 3.95. The van der Waals surface area contributed by atoms with Gasteiger partial charge in [-0.15, -0.1) is 0 Å². The van der Waals surface area contributed by atoms with Gasteiger partial charge in [-0.2, -0.15) is 0 Å². The van der Waals surface area contributed by atoms with Crippen molar-refractivity contribution in [3.63, 3.8) is 0 Å². The van der Waals surface area contributed by atoms with Crippen molar-refractivity contribution >= 4 is 11.5 Å². The van der Waals surface area contributed by atoms with Gasteiger partial charge in [0.2, 0.25) is 0 Å². The predicted octanol–water partition coefficient (Wildman–Crippen LogP) is 2.69. The quantitative estimate of drug-likeness (QED) is 0.873. The molecular formula is C14H17N3. The lowest BCUT2D eigenvalue weighted by Gasteiger charge is -2.22. The van der Waals surface area contributed by atoms with Gasteiger partial charge in [-0.05, 0) is 24.6 Å². The molecule has 0 radical (unpaired) electrons. The number of pyridine rings is 1. The maximum atomic E-state index is 5.64. The highest BCUT2D eigenvalue weighted by molar-refractivity contribution is 5.46. The topological polar surface area (TPSA) is 42.1 Å². The fourth-order valence-electron chi connectivity index (χ4n) is 1.74. The highest BCUT2D eigenvalue weighted by Gasteiger charge is 2.05. The number of hydrogen-bond acceptors (Lipinski definition) is 3. The van der Waals surface area contributed by atoms with E-state index in [2.05, 4.69) is 41.1 Å². The van der Waals surface area contributed by atoms with E-state index in [4.69, 9.17) is 5.73 Å². The molecule has 88 valence electrons. The Bertz CT molecular complexity index is 451. The van der Waals surface area contributed by atoms with Crippen LogP contribution < -0.4 is 10.6 Å². The van der Waals surface area contributed by atoms with Crippen molar-refractivity contribution in [2.45, 2.75) is 13.5 Å². The first-order chi connectivity index (χ1) is 8.29. The van der Waals surface area contributed by atoms with E-state index in [0.29, 0.717) is 5.69 Å². The summed E-state index contributed by atoms with van der Waals surface area (Å²) in [6.45, 7) is 3.92. The van der Waals surface area contributed by atoms with E-state index in [9.17, 15) is 0 Å². The van der Waals surface area contributed by atoms with E-state index < -0.39 is 0 Å². The van der Waals surface area contributed by atoms with Crippen LogP contribution in [0.2, 0.25) is 0 Å². The number of benzene rings is 1. The van der Waals surface area contributed by atoms with Crippen molar-refractivity contribution in [2.75, 3.05) is 17.2 Å². The lowest BCUT2D eigenvalue weighted by atomic mass is 10.2. The molecule has 1 aromatic carbocycles. The molecule has 0 bridgehead atoms. The molecule has 0 amide bonds. The fourth-order valence-corrected chi connectivity index (χ4v) is 1.74. The number of rotatable bonds is 4. The third kappa shape index (κ3) is 2.97. The van der Waals surface area contributed by atoms with E-state index in [-0.39, 0.29) is 0 Å². The highest BCUT2D eigenvalue weighted by atomic mass is 15.2. The summed E-state index contributed by atoms with van der Waals surface area (Å²) in [6, 6.07) is 14.2. The lowest BCUT2D eigenvalue weighted by Crippen LogP contribution is -2.22. The minimum Gasteiger partial charge on any atom is -0.397 e. The second kappa shape index (κ2) is 5.34. The molecule has 0 aliphatic rings. The Morgan fingerprint density at radius 1 is 1.12 bits per heavy atom. The van der Waals surface area contributed by atoms with Gasteiger partial charge >= 0.3 is 0 Å². The number of aromatic nitrogens is 1. The number of nitrogens with two attached hydrogens (primary N) is 1. The van der Waals surface area contributed by atoms with Crippen LogP contribution in [0.4, 0.5) is 11.5 Å². The zero-order chi connectivity index (χ0) is 12.1. The molecule has 0 aliphatic carbocycles. The molecule has 0 unspecified atom stereocenters. The largest absolute Gasteiger partial charge is 0.397 e. The molecule has 0 aliphatic heterocycles. The van der Waals surface area contributed by atoms with Gasteiger partial charge in [0.05, 0.1) is 11.9 Å². The molecule has 2 aromatic rings. The summed E-state index contributed by atoms with van der Waals surface area (Å²) in [7, 11) is 0. The Hall–Kier alpha value is -2.03. The monoisotopic (exact) mass is 227 g/mol. The first-order valence-corrected chi connectivity index (χ1v) is 5.80. The van der Waals surface area contributed by atoms with Crippen molar-refractivity contribution in [1.29, 1.82) is 0 Å². The molecule has 1 aromatic heterocycles. The van der Waals surface area contributed by atoms with Crippen molar-refractivity contribution in [3.05, 3.63) is 54.2 Å². The zero-order valence-corrected chi connectivity index (χ0v) is 10.0. The molecule has 3 nitrogen and oxygen atoms in total. The van der Waals surface area contributed by atoms with Crippen LogP contribution in [0.25, 0.3) is 0 Å². The predicted molar refractivity (Wildman–Crippen MR) is 71.8 cm³/mol. The summed E-state index contributed by atoms with van der Waals surface area (Å²) >= 11 is 0. The molecule has 0 spiro atoms. The summed E-state index contributed by atoms with van der Waals surface area (Å²) in [5.74, 6) is 0.963. The van der Waals surface area contributed by atoms with Crippen LogP contribution in [0.5, 0.6) is 0 Å². The molecule has 17 heavy (non-hydrogen) atoms. The van der Waals surface area contributed by atoms with Gasteiger partial charge in [-0.3, -0.25) is 0 Å². The third-order valence-corrected chi connectivity index (χ3v) is 2.69. The standard InChI is InChI=1S/C14H17N3/c1-2-17(11-12-6-4-3-5-7-12)14-9-8-13(15)10-16-14/h3-10H,2,11,15H2,1H3. The highest BCUT2D eigenvalue weighted by Crippen LogP contribution is 2.15. The van der Waals surface area contributed by atoms with Gasteiger partial charge in [-0.1, -0.05) is 30.3 Å². The van der Waals surface area contributed by atoms with Crippen LogP contribution in [0.15, 0.2) is 48.7 Å². The Kier molecular flexibility index (Phi) is 3.60. The molecule has 2 rings (SSSR count). The smallest absolute Gasteiger partial charge is 0.128 e. The Morgan fingerprint density at radius 2 is 1.88 bits per heavy atom. The van der Waals surface area contributed by atoms with Gasteiger partial charge in [-0.25, -0.2) is 4.98 Å². The van der Waals surface area contributed by atoms with Gasteiger partial charge in [0.25, 0.3) is 0 Å². The Labute approximate surface area is 102 Å². The molecule has 3 heteroatoms. The van der Waals surface area contributed by atoms with E-state index in [0.717, 1.165) is 18.9 Å². The summed E-state index contributed by atoms with van der Waals surface area (Å²) in [5, 5.41) is 0. The molecule has 0 fully saturated rings. The van der Waals surface area contributed by atoms with Crippen LogP contribution in [0.1, 0.15) is 12.5 Å². The maximum Gasteiger partial charge on any atom is 0.128 e. The molecule has 2 N–H and O–H groups in total. The van der Waals surface area contributed by atoms with E-state index in [1.807, 2.05) is 18.2 Å². The minimum absolute atomic E-state index is 0.699. The maximum absolute atomic E-state index is 5.64. The van der Waals surface area contributed by atoms with Gasteiger partial charge in [0.1, 0.15) is 5.82 Å². The van der Waals surface area contributed by atoms with Gasteiger partial charge in [0, 0.05) is 13.1 Å². The van der Waals surface area contributed by atoms with Crippen LogP contribution in [0, 0.1) is 0 Å². The molecular weight excluding hydrogens is 210 g/mol. The summed E-state index contributed by atoms with van der Waals surface area (Å²) in [6.07, 6.45) is 1.70. The third-order valence-electron chi connectivity index (χ3n) is 2.69. The van der Waals surface area contributed by atoms with E-state index in [1.165, 1.54) is 5.56 Å². The molecule has 0 saturated carbocycles. The van der Waals surface area contributed by atoms with Gasteiger partial charge < -0.3 is 10.6 Å². The summed E-state index contributed by atoms with van der Waals surface area (Å²) in [4.78, 5) is 6.56. The summed E-state index contributed by atoms with van der Waals surface area (Å²) < 4.78 is 0. The molecule has 0 atom stereocenters. The lowest BCUT2D eigenvalue weighted by molar-refractivity contribution is 0.814. The first kappa shape index (κ1) is 11.5. The number of nitrogens with zero attached hydrogens (tertiary/aromatic N) is 2. The average molecular weight is 227 g/mol. The van der Waals surface area contributed by atoms with Crippen molar-refractivity contribution in [1.82, 2.24) is 4.98 Å².